The second kappa shape index (κ2) is 8.76. The van der Waals surface area contributed by atoms with Crippen LogP contribution in [0.3, 0.4) is 0 Å². The summed E-state index contributed by atoms with van der Waals surface area (Å²) >= 11 is 3.70. The quantitative estimate of drug-likeness (QED) is 0.753. The van der Waals surface area contributed by atoms with Crippen molar-refractivity contribution in [1.29, 1.82) is 0 Å². The van der Waals surface area contributed by atoms with E-state index in [-0.39, 0.29) is 5.91 Å². The Morgan fingerprint density at radius 1 is 1.28 bits per heavy atom. The van der Waals surface area contributed by atoms with Gasteiger partial charge in [-0.05, 0) is 30.9 Å². The van der Waals surface area contributed by atoms with Crippen molar-refractivity contribution < 1.29 is 14.3 Å². The lowest BCUT2D eigenvalue weighted by atomic mass is 9.97. The monoisotopic (exact) mass is 378 g/mol. The van der Waals surface area contributed by atoms with Crippen molar-refractivity contribution in [3.63, 3.8) is 0 Å². The first-order valence-corrected chi connectivity index (χ1v) is 10.4. The van der Waals surface area contributed by atoms with E-state index in [0.717, 1.165) is 44.0 Å². The van der Waals surface area contributed by atoms with Crippen LogP contribution in [0, 0.1) is 5.92 Å². The molecule has 0 N–H and O–H groups in total. The zero-order valence-corrected chi connectivity index (χ0v) is 15.9. The second-order valence-electron chi connectivity index (χ2n) is 6.08. The number of hydrogen-bond acceptors (Lipinski definition) is 6. The second-order valence-corrected chi connectivity index (χ2v) is 8.43. The molecule has 5 nitrogen and oxygen atoms in total. The highest BCUT2D eigenvalue weighted by molar-refractivity contribution is 8.39. The number of carbonyl (C=O) groups excluding carboxylic acids is 2. The Kier molecular flexibility index (Phi) is 6.42. The average molecular weight is 379 g/mol. The fourth-order valence-corrected chi connectivity index (χ4v) is 5.24. The Labute approximate surface area is 156 Å². The van der Waals surface area contributed by atoms with Crippen molar-refractivity contribution in [3.05, 3.63) is 35.4 Å². The third-order valence-corrected chi connectivity index (χ3v) is 6.95. The molecule has 0 radical (unpaired) electrons. The van der Waals surface area contributed by atoms with E-state index < -0.39 is 5.97 Å². The van der Waals surface area contributed by atoms with Crippen molar-refractivity contribution in [2.45, 2.75) is 12.8 Å². The number of hydrogen-bond donors (Lipinski definition) is 0. The maximum absolute atomic E-state index is 12.8. The average Bonchev–Trinajstić information content (AvgIpc) is 3.19. The minimum absolute atomic E-state index is 0.0807. The molecule has 2 aliphatic rings. The Morgan fingerprint density at radius 2 is 2.00 bits per heavy atom. The number of amides is 1. The maximum atomic E-state index is 12.8. The summed E-state index contributed by atoms with van der Waals surface area (Å²) in [5.74, 6) is 2.25. The van der Waals surface area contributed by atoms with Gasteiger partial charge in [-0.25, -0.2) is 4.79 Å². The Morgan fingerprint density at radius 3 is 2.64 bits per heavy atom. The minimum atomic E-state index is -0.468. The van der Waals surface area contributed by atoms with E-state index in [0.29, 0.717) is 17.0 Å². The van der Waals surface area contributed by atoms with Crippen LogP contribution < -0.4 is 0 Å². The predicted octanol–water partition coefficient (Wildman–Crippen LogP) is 3.16. The molecule has 3 rings (SSSR count). The van der Waals surface area contributed by atoms with Crippen molar-refractivity contribution in [3.8, 4) is 0 Å². The summed E-state index contributed by atoms with van der Waals surface area (Å²) in [6.07, 6.45) is 1.99. The van der Waals surface area contributed by atoms with E-state index in [4.69, 9.17) is 4.74 Å². The molecule has 25 heavy (non-hydrogen) atoms. The van der Waals surface area contributed by atoms with Crippen LogP contribution in [-0.2, 0) is 4.74 Å². The van der Waals surface area contributed by atoms with Gasteiger partial charge >= 0.3 is 5.97 Å². The zero-order valence-electron chi connectivity index (χ0n) is 14.3. The van der Waals surface area contributed by atoms with E-state index in [1.807, 2.05) is 28.4 Å². The number of ether oxygens (including phenoxy) is 1. The van der Waals surface area contributed by atoms with E-state index in [1.165, 1.54) is 11.5 Å². The third kappa shape index (κ3) is 4.58. The number of piperidine rings is 1. The van der Waals surface area contributed by atoms with Crippen LogP contribution in [0.4, 0.5) is 0 Å². The number of nitrogens with zero attached hydrogens (tertiary/aromatic N) is 2. The number of rotatable bonds is 4. The first-order valence-electron chi connectivity index (χ1n) is 8.45. The summed E-state index contributed by atoms with van der Waals surface area (Å²) in [5, 5.41) is 0. The van der Waals surface area contributed by atoms with E-state index in [9.17, 15) is 9.59 Å². The normalized spacial score (nSPS) is 18.1. The van der Waals surface area contributed by atoms with Crippen LogP contribution in [0.1, 0.15) is 33.6 Å². The van der Waals surface area contributed by atoms with Gasteiger partial charge in [-0.15, -0.1) is 0 Å². The van der Waals surface area contributed by atoms with Gasteiger partial charge in [-0.3, -0.25) is 9.79 Å². The zero-order chi connectivity index (χ0) is 17.6. The number of carbonyl (C=O) groups is 2. The highest BCUT2D eigenvalue weighted by Gasteiger charge is 2.27. The molecule has 7 heteroatoms. The van der Waals surface area contributed by atoms with Gasteiger partial charge in [0.25, 0.3) is 5.91 Å². The molecule has 1 fully saturated rings. The molecule has 0 unspecified atom stereocenters. The van der Waals surface area contributed by atoms with Crippen LogP contribution in [-0.4, -0.2) is 59.4 Å². The van der Waals surface area contributed by atoms with E-state index in [1.54, 1.807) is 24.3 Å². The molecule has 0 aromatic heterocycles. The first-order chi connectivity index (χ1) is 12.2. The van der Waals surface area contributed by atoms with Crippen molar-refractivity contribution >= 4 is 39.8 Å². The number of aliphatic imine (C=N–C) groups is 1. The molecule has 1 aromatic carbocycles. The number of likely N-dealkylation sites (tertiary alicyclic amines) is 1. The fourth-order valence-electron chi connectivity index (χ4n) is 3.02. The van der Waals surface area contributed by atoms with Crippen molar-refractivity contribution in [1.82, 2.24) is 4.90 Å². The van der Waals surface area contributed by atoms with Gasteiger partial charge in [-0.1, -0.05) is 35.7 Å². The van der Waals surface area contributed by atoms with Gasteiger partial charge in [0.1, 0.15) is 4.38 Å². The lowest BCUT2D eigenvalue weighted by Gasteiger charge is -2.32. The Balaban J connectivity index is 1.56. The van der Waals surface area contributed by atoms with Crippen LogP contribution >= 0.6 is 23.5 Å². The molecule has 0 atom stereocenters. The molecule has 0 spiro atoms. The SMILES string of the molecule is COC(=O)c1ccccc1C(=O)N1CCC(CSC2=NCCS2)CC1. The van der Waals surface area contributed by atoms with Gasteiger partial charge in [0, 0.05) is 24.6 Å². The van der Waals surface area contributed by atoms with Crippen LogP contribution in [0.15, 0.2) is 29.3 Å². The first kappa shape index (κ1) is 18.3. The Bertz CT molecular complexity index is 670. The lowest BCUT2D eigenvalue weighted by Crippen LogP contribution is -2.39. The van der Waals surface area contributed by atoms with Gasteiger partial charge in [-0.2, -0.15) is 0 Å². The summed E-state index contributed by atoms with van der Waals surface area (Å²) in [6, 6.07) is 6.87. The van der Waals surface area contributed by atoms with Crippen molar-refractivity contribution in [2.24, 2.45) is 10.9 Å². The summed E-state index contributed by atoms with van der Waals surface area (Å²) in [7, 11) is 1.33. The number of esters is 1. The van der Waals surface area contributed by atoms with E-state index in [2.05, 4.69) is 4.99 Å². The number of methoxy groups -OCH3 is 1. The molecule has 2 heterocycles. The molecule has 0 aliphatic carbocycles. The standard InChI is InChI=1S/C18H22N2O3S2/c1-23-17(22)15-5-3-2-4-14(15)16(21)20-9-6-13(7-10-20)12-25-18-19-8-11-24-18/h2-5,13H,6-12H2,1H3. The molecule has 1 saturated heterocycles. The summed E-state index contributed by atoms with van der Waals surface area (Å²) < 4.78 is 6.00. The third-order valence-electron chi connectivity index (χ3n) is 4.46. The molecule has 0 saturated carbocycles. The topological polar surface area (TPSA) is 59.0 Å². The molecule has 1 aromatic rings. The van der Waals surface area contributed by atoms with Gasteiger partial charge in [0.05, 0.1) is 24.8 Å². The maximum Gasteiger partial charge on any atom is 0.338 e. The molecule has 134 valence electrons. The molecular weight excluding hydrogens is 356 g/mol. The largest absolute Gasteiger partial charge is 0.465 e. The molecule has 1 amide bonds. The summed E-state index contributed by atoms with van der Waals surface area (Å²) in [6.45, 7) is 2.41. The highest BCUT2D eigenvalue weighted by Crippen LogP contribution is 2.28. The van der Waals surface area contributed by atoms with Crippen molar-refractivity contribution in [2.75, 3.05) is 38.2 Å². The lowest BCUT2D eigenvalue weighted by molar-refractivity contribution is 0.0585. The predicted molar refractivity (Wildman–Crippen MR) is 104 cm³/mol. The van der Waals surface area contributed by atoms with Crippen LogP contribution in [0.5, 0.6) is 0 Å². The smallest absolute Gasteiger partial charge is 0.338 e. The molecule has 0 bridgehead atoms. The van der Waals surface area contributed by atoms with Crippen LogP contribution in [0.2, 0.25) is 0 Å². The number of thioether (sulfide) groups is 2. The summed E-state index contributed by atoms with van der Waals surface area (Å²) in [4.78, 5) is 31.0. The highest BCUT2D eigenvalue weighted by atomic mass is 32.2. The number of benzene rings is 1. The molecular formula is C18H22N2O3S2. The minimum Gasteiger partial charge on any atom is -0.465 e. The van der Waals surface area contributed by atoms with E-state index >= 15 is 0 Å². The van der Waals surface area contributed by atoms with Gasteiger partial charge < -0.3 is 9.64 Å². The van der Waals surface area contributed by atoms with Crippen LogP contribution in [0.25, 0.3) is 0 Å². The van der Waals surface area contributed by atoms with Gasteiger partial charge in [0.15, 0.2) is 0 Å². The summed E-state index contributed by atoms with van der Waals surface area (Å²) in [5.41, 5.74) is 0.767. The fraction of sp³-hybridized carbons (Fsp3) is 0.500. The van der Waals surface area contributed by atoms with Gasteiger partial charge in [0.2, 0.25) is 0 Å². The molecule has 2 aliphatic heterocycles. The Hall–Kier alpha value is -1.47.